The van der Waals surface area contributed by atoms with Gasteiger partial charge >= 0.3 is 0 Å². The Kier molecular flexibility index (Phi) is 6.38. The summed E-state index contributed by atoms with van der Waals surface area (Å²) in [4.78, 5) is 9.22. The first-order valence-electron chi connectivity index (χ1n) is 10.2. The smallest absolute Gasteiger partial charge is 0.226 e. The Morgan fingerprint density at radius 2 is 2.10 bits per heavy atom. The maximum absolute atomic E-state index is 5.70. The third-order valence-electron chi connectivity index (χ3n) is 5.09. The lowest BCUT2D eigenvalue weighted by atomic mass is 10.2. The molecule has 0 amide bonds. The molecule has 3 heterocycles. The minimum atomic E-state index is 0.214. The van der Waals surface area contributed by atoms with Crippen molar-refractivity contribution in [1.82, 2.24) is 30.4 Å². The van der Waals surface area contributed by atoms with Crippen LogP contribution in [0.15, 0.2) is 46.0 Å². The molecular weight excluding hydrogens is 382 g/mol. The van der Waals surface area contributed by atoms with E-state index in [0.717, 1.165) is 42.4 Å². The molecule has 0 aliphatic carbocycles. The number of nitrogens with one attached hydrogen (secondary N) is 2. The predicted octanol–water partition coefficient (Wildman–Crippen LogP) is 2.19. The van der Waals surface area contributed by atoms with Crippen LogP contribution in [0.2, 0.25) is 0 Å². The average Bonchev–Trinajstić information content (AvgIpc) is 3.52. The quantitative estimate of drug-likeness (QED) is 0.455. The molecule has 0 saturated carbocycles. The number of nitrogens with zero attached hydrogens (tertiary/aromatic N) is 5. The van der Waals surface area contributed by atoms with Gasteiger partial charge in [-0.25, -0.2) is 9.98 Å². The number of hydrogen-bond donors (Lipinski definition) is 2. The molecule has 1 atom stereocenters. The maximum Gasteiger partial charge on any atom is 0.226 e. The molecule has 3 aromatic rings. The van der Waals surface area contributed by atoms with Crippen LogP contribution in [0.5, 0.6) is 0 Å². The monoisotopic (exact) mass is 409 g/mol. The normalized spacial score (nSPS) is 16.7. The number of hydrogen-bond acceptors (Lipinski definition) is 6. The van der Waals surface area contributed by atoms with Crippen LogP contribution in [-0.2, 0) is 24.9 Å². The molecule has 9 heteroatoms. The molecule has 1 aliphatic rings. The van der Waals surface area contributed by atoms with Crippen molar-refractivity contribution >= 4 is 5.96 Å². The molecule has 0 bridgehead atoms. The van der Waals surface area contributed by atoms with E-state index in [2.05, 4.69) is 30.8 Å². The summed E-state index contributed by atoms with van der Waals surface area (Å²) < 4.78 is 13.3. The second kappa shape index (κ2) is 9.53. The Morgan fingerprint density at radius 1 is 1.23 bits per heavy atom. The fraction of sp³-hybridized carbons (Fsp3) is 0.429. The van der Waals surface area contributed by atoms with Crippen molar-refractivity contribution in [3.63, 3.8) is 0 Å². The van der Waals surface area contributed by atoms with E-state index < -0.39 is 0 Å². The van der Waals surface area contributed by atoms with Gasteiger partial charge in [-0.3, -0.25) is 0 Å². The minimum Gasteiger partial charge on any atom is -0.444 e. The van der Waals surface area contributed by atoms with Gasteiger partial charge in [0.1, 0.15) is 17.8 Å². The number of ether oxygens (including phenoxy) is 1. The SMILES string of the molecule is Cc1nnc(CNC(=NCc2coc(-c3ccccc3)n2)NCC2CCCO2)n1C. The third-order valence-corrected chi connectivity index (χ3v) is 5.09. The van der Waals surface area contributed by atoms with Gasteiger partial charge in [-0.2, -0.15) is 0 Å². The number of rotatable bonds is 7. The van der Waals surface area contributed by atoms with E-state index in [1.807, 2.05) is 48.9 Å². The van der Waals surface area contributed by atoms with Gasteiger partial charge in [0.2, 0.25) is 5.89 Å². The van der Waals surface area contributed by atoms with Gasteiger partial charge in [-0.15, -0.1) is 10.2 Å². The molecule has 1 saturated heterocycles. The highest BCUT2D eigenvalue weighted by atomic mass is 16.5. The van der Waals surface area contributed by atoms with E-state index in [9.17, 15) is 0 Å². The predicted molar refractivity (Wildman–Crippen MR) is 113 cm³/mol. The van der Waals surface area contributed by atoms with Crippen LogP contribution in [0.25, 0.3) is 11.5 Å². The zero-order valence-corrected chi connectivity index (χ0v) is 17.3. The van der Waals surface area contributed by atoms with E-state index in [0.29, 0.717) is 31.5 Å². The van der Waals surface area contributed by atoms with Crippen LogP contribution in [0.3, 0.4) is 0 Å². The molecule has 1 aliphatic heterocycles. The zero-order chi connectivity index (χ0) is 20.8. The Hall–Kier alpha value is -3.20. The highest BCUT2D eigenvalue weighted by Gasteiger charge is 2.16. The molecule has 1 fully saturated rings. The first-order valence-corrected chi connectivity index (χ1v) is 10.2. The number of benzene rings is 1. The molecule has 0 radical (unpaired) electrons. The van der Waals surface area contributed by atoms with Gasteiger partial charge in [-0.1, -0.05) is 18.2 Å². The van der Waals surface area contributed by atoms with Crippen LogP contribution >= 0.6 is 0 Å². The maximum atomic E-state index is 5.70. The van der Waals surface area contributed by atoms with Crippen LogP contribution in [0, 0.1) is 6.92 Å². The van der Waals surface area contributed by atoms with Crippen LogP contribution in [0.1, 0.15) is 30.2 Å². The van der Waals surface area contributed by atoms with Crippen molar-refractivity contribution in [3.8, 4) is 11.5 Å². The van der Waals surface area contributed by atoms with E-state index >= 15 is 0 Å². The minimum absolute atomic E-state index is 0.214. The highest BCUT2D eigenvalue weighted by molar-refractivity contribution is 5.79. The molecule has 0 spiro atoms. The van der Waals surface area contributed by atoms with E-state index in [-0.39, 0.29) is 6.10 Å². The Balaban J connectivity index is 1.41. The lowest BCUT2D eigenvalue weighted by Crippen LogP contribution is -2.41. The molecule has 2 aromatic heterocycles. The molecule has 9 nitrogen and oxygen atoms in total. The summed E-state index contributed by atoms with van der Waals surface area (Å²) in [7, 11) is 1.95. The topological polar surface area (TPSA) is 102 Å². The Labute approximate surface area is 175 Å². The molecule has 4 rings (SSSR count). The number of aromatic nitrogens is 4. The summed E-state index contributed by atoms with van der Waals surface area (Å²) in [6.07, 6.45) is 4.03. The zero-order valence-electron chi connectivity index (χ0n) is 17.3. The van der Waals surface area contributed by atoms with E-state index in [1.165, 1.54) is 0 Å². The Bertz CT molecular complexity index is 974. The summed E-state index contributed by atoms with van der Waals surface area (Å²) in [5.74, 6) is 2.98. The summed E-state index contributed by atoms with van der Waals surface area (Å²) in [5.41, 5.74) is 1.71. The van der Waals surface area contributed by atoms with E-state index in [4.69, 9.17) is 9.15 Å². The average molecular weight is 409 g/mol. The molecule has 2 N–H and O–H groups in total. The molecule has 1 unspecified atom stereocenters. The standard InChI is InChI=1S/C21H27N7O2/c1-15-26-27-19(28(15)2)13-24-21(23-12-18-9-6-10-29-18)22-11-17-14-30-20(25-17)16-7-4-3-5-8-16/h3-5,7-8,14,18H,6,9-13H2,1-2H3,(H2,22,23,24). The first-order chi connectivity index (χ1) is 14.7. The second-order valence-corrected chi connectivity index (χ2v) is 7.27. The summed E-state index contributed by atoms with van der Waals surface area (Å²) in [6, 6.07) is 9.83. The Morgan fingerprint density at radius 3 is 2.83 bits per heavy atom. The van der Waals surface area contributed by atoms with Gasteiger partial charge in [0.15, 0.2) is 11.8 Å². The fourth-order valence-corrected chi connectivity index (χ4v) is 3.21. The van der Waals surface area contributed by atoms with Crippen molar-refractivity contribution in [3.05, 3.63) is 53.9 Å². The third kappa shape index (κ3) is 5.04. The highest BCUT2D eigenvalue weighted by Crippen LogP contribution is 2.18. The number of guanidine groups is 1. The van der Waals surface area contributed by atoms with E-state index in [1.54, 1.807) is 6.26 Å². The van der Waals surface area contributed by atoms with Crippen molar-refractivity contribution in [2.45, 2.75) is 39.0 Å². The summed E-state index contributed by atoms with van der Waals surface area (Å²) in [5, 5.41) is 15.0. The van der Waals surface area contributed by atoms with Crippen molar-refractivity contribution in [2.24, 2.45) is 12.0 Å². The van der Waals surface area contributed by atoms with Gasteiger partial charge in [-0.05, 0) is 31.9 Å². The first kappa shape index (κ1) is 20.1. The van der Waals surface area contributed by atoms with Crippen LogP contribution in [0.4, 0.5) is 0 Å². The van der Waals surface area contributed by atoms with Crippen molar-refractivity contribution in [1.29, 1.82) is 0 Å². The molecule has 1 aromatic carbocycles. The van der Waals surface area contributed by atoms with Crippen molar-refractivity contribution in [2.75, 3.05) is 13.2 Å². The van der Waals surface area contributed by atoms with Gasteiger partial charge in [0, 0.05) is 25.8 Å². The van der Waals surface area contributed by atoms with Crippen molar-refractivity contribution < 1.29 is 9.15 Å². The number of aryl methyl sites for hydroxylation is 1. The molecular formula is C21H27N7O2. The lowest BCUT2D eigenvalue weighted by molar-refractivity contribution is 0.113. The summed E-state index contributed by atoms with van der Waals surface area (Å²) in [6.45, 7) is 4.37. The summed E-state index contributed by atoms with van der Waals surface area (Å²) >= 11 is 0. The lowest BCUT2D eigenvalue weighted by Gasteiger charge is -2.15. The molecule has 30 heavy (non-hydrogen) atoms. The van der Waals surface area contributed by atoms with Gasteiger partial charge < -0.3 is 24.4 Å². The molecule has 158 valence electrons. The fourth-order valence-electron chi connectivity index (χ4n) is 3.21. The van der Waals surface area contributed by atoms with Crippen LogP contribution in [-0.4, -0.2) is 45.0 Å². The number of aliphatic imine (C=N–C) groups is 1. The number of oxazole rings is 1. The van der Waals surface area contributed by atoms with Crippen LogP contribution < -0.4 is 10.6 Å². The second-order valence-electron chi connectivity index (χ2n) is 7.27. The van der Waals surface area contributed by atoms with Gasteiger partial charge in [0.05, 0.1) is 19.2 Å². The van der Waals surface area contributed by atoms with Gasteiger partial charge in [0.25, 0.3) is 0 Å². The largest absolute Gasteiger partial charge is 0.444 e.